The van der Waals surface area contributed by atoms with Crippen molar-refractivity contribution < 1.29 is 13.2 Å². The van der Waals surface area contributed by atoms with Gasteiger partial charge in [0.05, 0.1) is 0 Å². The molecule has 3 rings (SSSR count). The summed E-state index contributed by atoms with van der Waals surface area (Å²) in [4.78, 5) is 4.93. The predicted octanol–water partition coefficient (Wildman–Crippen LogP) is 1.14. The Kier molecular flexibility index (Phi) is 4.16. The van der Waals surface area contributed by atoms with Crippen LogP contribution in [-0.2, 0) is 14.8 Å². The molecule has 0 aromatic carbocycles. The quantitative estimate of drug-likeness (QED) is 0.830. The Morgan fingerprint density at radius 3 is 3.14 bits per heavy atom. The molecule has 1 aliphatic heterocycles. The molecule has 1 fully saturated rings. The van der Waals surface area contributed by atoms with Crippen LogP contribution in [0.15, 0.2) is 16.6 Å². The second-order valence-electron chi connectivity index (χ2n) is 4.99. The summed E-state index contributed by atoms with van der Waals surface area (Å²) in [7, 11) is -1.93. The van der Waals surface area contributed by atoms with Gasteiger partial charge in [-0.1, -0.05) is 0 Å². The molecular formula is C12H18N4O3S2. The molecule has 1 aliphatic rings. The summed E-state index contributed by atoms with van der Waals surface area (Å²) in [5.41, 5.74) is 0. The van der Waals surface area contributed by atoms with Gasteiger partial charge >= 0.3 is 0 Å². The van der Waals surface area contributed by atoms with E-state index in [0.29, 0.717) is 23.2 Å². The lowest BCUT2D eigenvalue weighted by Gasteiger charge is -2.10. The lowest BCUT2D eigenvalue weighted by atomic mass is 10.1. The topological polar surface area (TPSA) is 84.7 Å². The largest absolute Gasteiger partial charge is 0.381 e. The normalized spacial score (nSPS) is 19.4. The van der Waals surface area contributed by atoms with E-state index < -0.39 is 10.0 Å². The third-order valence-electron chi connectivity index (χ3n) is 3.58. The van der Waals surface area contributed by atoms with E-state index in [1.54, 1.807) is 17.6 Å². The molecule has 9 heteroatoms. The maximum Gasteiger partial charge on any atom is 0.260 e. The number of nitrogens with one attached hydrogen (secondary N) is 2. The molecule has 0 saturated carbocycles. The minimum Gasteiger partial charge on any atom is -0.381 e. The smallest absolute Gasteiger partial charge is 0.260 e. The summed E-state index contributed by atoms with van der Waals surface area (Å²) in [5, 5.41) is 4.83. The van der Waals surface area contributed by atoms with Crippen LogP contribution >= 0.6 is 11.3 Å². The first-order chi connectivity index (χ1) is 10.1. The Balaban J connectivity index is 1.77. The Morgan fingerprint density at radius 1 is 1.57 bits per heavy atom. The fourth-order valence-corrected chi connectivity index (χ4v) is 4.56. The van der Waals surface area contributed by atoms with Gasteiger partial charge < -0.3 is 10.1 Å². The third-order valence-corrected chi connectivity index (χ3v) is 5.82. The van der Waals surface area contributed by atoms with Crippen LogP contribution in [0.5, 0.6) is 0 Å². The van der Waals surface area contributed by atoms with Crippen molar-refractivity contribution in [2.45, 2.75) is 17.9 Å². The van der Waals surface area contributed by atoms with Crippen LogP contribution in [0.1, 0.15) is 12.8 Å². The molecule has 2 aromatic rings. The third kappa shape index (κ3) is 2.91. The number of fused-ring (bicyclic) bond motifs is 1. The maximum atomic E-state index is 12.5. The van der Waals surface area contributed by atoms with Gasteiger partial charge in [-0.05, 0) is 18.8 Å². The highest BCUT2D eigenvalue weighted by Gasteiger charge is 2.25. The lowest BCUT2D eigenvalue weighted by Crippen LogP contribution is -2.28. The fourth-order valence-electron chi connectivity index (χ4n) is 2.46. The number of hydrogen-bond donors (Lipinski definition) is 2. The predicted molar refractivity (Wildman–Crippen MR) is 81.3 cm³/mol. The number of thiazole rings is 1. The van der Waals surface area contributed by atoms with E-state index in [2.05, 4.69) is 15.0 Å². The molecule has 7 nitrogen and oxygen atoms in total. The van der Waals surface area contributed by atoms with Crippen LogP contribution in [0.4, 0.5) is 5.82 Å². The van der Waals surface area contributed by atoms with Crippen LogP contribution in [-0.4, -0.2) is 44.6 Å². The first-order valence-corrected chi connectivity index (χ1v) is 9.19. The first kappa shape index (κ1) is 14.8. The number of nitrogens with zero attached hydrogens (tertiary/aromatic N) is 2. The average molecular weight is 330 g/mol. The highest BCUT2D eigenvalue weighted by molar-refractivity contribution is 7.89. The number of anilines is 1. The van der Waals surface area contributed by atoms with Gasteiger partial charge in [-0.25, -0.2) is 18.1 Å². The molecule has 2 aromatic heterocycles. The molecule has 3 heterocycles. The summed E-state index contributed by atoms with van der Waals surface area (Å²) < 4.78 is 34.6. The van der Waals surface area contributed by atoms with Gasteiger partial charge in [0.15, 0.2) is 15.8 Å². The molecule has 1 unspecified atom stereocenters. The minimum atomic E-state index is -3.59. The Bertz CT molecular complexity index is 716. The van der Waals surface area contributed by atoms with E-state index in [4.69, 9.17) is 4.74 Å². The minimum absolute atomic E-state index is 0.170. The Morgan fingerprint density at radius 2 is 2.43 bits per heavy atom. The van der Waals surface area contributed by atoms with Crippen molar-refractivity contribution in [3.05, 3.63) is 11.6 Å². The molecule has 21 heavy (non-hydrogen) atoms. The monoisotopic (exact) mass is 330 g/mol. The molecule has 1 atom stereocenters. The van der Waals surface area contributed by atoms with E-state index in [0.717, 1.165) is 26.1 Å². The van der Waals surface area contributed by atoms with Crippen molar-refractivity contribution in [3.8, 4) is 0 Å². The summed E-state index contributed by atoms with van der Waals surface area (Å²) in [6.45, 7) is 1.92. The summed E-state index contributed by atoms with van der Waals surface area (Å²) in [6.07, 6.45) is 3.51. The standard InChI is InChI=1S/C12H18N4O3S2/c1-13-10-11(16-5-7-20-12(16)15-10)21(17,18)14-4-2-9-3-6-19-8-9/h5,7,9,13-14H,2-4,6,8H2,1H3. The van der Waals surface area contributed by atoms with Crippen molar-refractivity contribution in [1.29, 1.82) is 0 Å². The van der Waals surface area contributed by atoms with Crippen molar-refractivity contribution >= 4 is 32.1 Å². The lowest BCUT2D eigenvalue weighted by molar-refractivity contribution is 0.184. The number of sulfonamides is 1. The van der Waals surface area contributed by atoms with Crippen molar-refractivity contribution in [2.24, 2.45) is 5.92 Å². The molecule has 116 valence electrons. The second-order valence-corrected chi connectivity index (χ2v) is 7.54. The molecule has 2 N–H and O–H groups in total. The van der Waals surface area contributed by atoms with E-state index >= 15 is 0 Å². The summed E-state index contributed by atoms with van der Waals surface area (Å²) in [5.74, 6) is 0.821. The molecule has 0 amide bonds. The Labute approximate surface area is 127 Å². The van der Waals surface area contributed by atoms with Gasteiger partial charge in [0.25, 0.3) is 10.0 Å². The van der Waals surface area contributed by atoms with E-state index in [1.165, 1.54) is 11.3 Å². The SMILES string of the molecule is CNc1nc2sccn2c1S(=O)(=O)NCCC1CCOC1. The van der Waals surface area contributed by atoms with Crippen LogP contribution < -0.4 is 10.0 Å². The van der Waals surface area contributed by atoms with Crippen LogP contribution in [0.3, 0.4) is 0 Å². The Hall–Kier alpha value is -1.16. The summed E-state index contributed by atoms with van der Waals surface area (Å²) >= 11 is 1.40. The maximum absolute atomic E-state index is 12.5. The van der Waals surface area contributed by atoms with Crippen molar-refractivity contribution in [1.82, 2.24) is 14.1 Å². The van der Waals surface area contributed by atoms with Crippen LogP contribution in [0.25, 0.3) is 4.96 Å². The van der Waals surface area contributed by atoms with Gasteiger partial charge in [0.2, 0.25) is 0 Å². The fraction of sp³-hybridized carbons (Fsp3) is 0.583. The van der Waals surface area contributed by atoms with Gasteiger partial charge in [0, 0.05) is 38.4 Å². The van der Waals surface area contributed by atoms with E-state index in [1.807, 2.05) is 5.38 Å². The zero-order valence-electron chi connectivity index (χ0n) is 11.7. The number of imidazole rings is 1. The van der Waals surface area contributed by atoms with Crippen LogP contribution in [0.2, 0.25) is 0 Å². The van der Waals surface area contributed by atoms with Crippen LogP contribution in [0, 0.1) is 5.92 Å². The number of ether oxygens (including phenoxy) is 1. The summed E-state index contributed by atoms with van der Waals surface area (Å²) in [6, 6.07) is 0. The highest BCUT2D eigenvalue weighted by atomic mass is 32.2. The molecule has 0 aliphatic carbocycles. The molecule has 0 radical (unpaired) electrons. The van der Waals surface area contributed by atoms with E-state index in [-0.39, 0.29) is 5.03 Å². The molecular weight excluding hydrogens is 312 g/mol. The average Bonchev–Trinajstić information content (AvgIpc) is 3.13. The molecule has 1 saturated heterocycles. The van der Waals surface area contributed by atoms with Crippen molar-refractivity contribution in [3.63, 3.8) is 0 Å². The van der Waals surface area contributed by atoms with Gasteiger partial charge in [-0.15, -0.1) is 11.3 Å². The van der Waals surface area contributed by atoms with Crippen molar-refractivity contribution in [2.75, 3.05) is 32.1 Å². The van der Waals surface area contributed by atoms with Gasteiger partial charge in [0.1, 0.15) is 0 Å². The van der Waals surface area contributed by atoms with E-state index in [9.17, 15) is 8.42 Å². The van der Waals surface area contributed by atoms with Gasteiger partial charge in [-0.2, -0.15) is 0 Å². The molecule has 0 spiro atoms. The zero-order valence-corrected chi connectivity index (χ0v) is 13.3. The second kappa shape index (κ2) is 5.91. The highest BCUT2D eigenvalue weighted by Crippen LogP contribution is 2.25. The van der Waals surface area contributed by atoms with Gasteiger partial charge in [-0.3, -0.25) is 4.40 Å². The first-order valence-electron chi connectivity index (χ1n) is 6.82. The number of aromatic nitrogens is 2. The molecule has 0 bridgehead atoms. The number of hydrogen-bond acceptors (Lipinski definition) is 6. The zero-order chi connectivity index (χ0) is 14.9. The number of rotatable bonds is 6.